The molecule has 0 saturated carbocycles. The van der Waals surface area contributed by atoms with Crippen molar-refractivity contribution in [3.8, 4) is 0 Å². The predicted octanol–water partition coefficient (Wildman–Crippen LogP) is 4.50. The van der Waals surface area contributed by atoms with Crippen LogP contribution < -0.4 is 5.73 Å². The Labute approximate surface area is 126 Å². The maximum absolute atomic E-state index is 6.52. The van der Waals surface area contributed by atoms with Crippen LogP contribution in [0.15, 0.2) is 18.2 Å². The third-order valence-corrected chi connectivity index (χ3v) is 5.02. The van der Waals surface area contributed by atoms with E-state index in [9.17, 15) is 0 Å². The van der Waals surface area contributed by atoms with Crippen LogP contribution in [0.3, 0.4) is 0 Å². The van der Waals surface area contributed by atoms with Crippen LogP contribution in [0.5, 0.6) is 0 Å². The smallest absolute Gasteiger partial charge is 0.0640 e. The van der Waals surface area contributed by atoms with Crippen LogP contribution in [-0.2, 0) is 0 Å². The zero-order valence-electron chi connectivity index (χ0n) is 12.2. The molecule has 0 heterocycles. The van der Waals surface area contributed by atoms with Gasteiger partial charge in [0, 0.05) is 11.6 Å². The lowest BCUT2D eigenvalue weighted by molar-refractivity contribution is 0.0845. The Hall–Kier alpha value is -0.280. The van der Waals surface area contributed by atoms with Crippen molar-refractivity contribution in [1.82, 2.24) is 4.90 Å². The van der Waals surface area contributed by atoms with E-state index in [4.69, 9.17) is 28.9 Å². The summed E-state index contributed by atoms with van der Waals surface area (Å²) in [6.45, 7) is 10.6. The molecule has 0 aliphatic heterocycles. The van der Waals surface area contributed by atoms with Crippen LogP contribution in [-0.4, -0.2) is 23.5 Å². The highest BCUT2D eigenvalue weighted by molar-refractivity contribution is 6.42. The molecule has 2 unspecified atom stereocenters. The Morgan fingerprint density at radius 3 is 2.26 bits per heavy atom. The second-order valence-electron chi connectivity index (χ2n) is 5.00. The Balaban J connectivity index is 3.21. The molecule has 0 aliphatic carbocycles. The van der Waals surface area contributed by atoms with Gasteiger partial charge in [-0.15, -0.1) is 0 Å². The molecule has 0 radical (unpaired) electrons. The number of halogens is 2. The molecule has 0 aliphatic rings. The highest BCUT2D eigenvalue weighted by atomic mass is 35.5. The molecular weight excluding hydrogens is 279 g/mol. The fourth-order valence-corrected chi connectivity index (χ4v) is 3.11. The van der Waals surface area contributed by atoms with Gasteiger partial charge >= 0.3 is 0 Å². The molecule has 2 nitrogen and oxygen atoms in total. The van der Waals surface area contributed by atoms with Gasteiger partial charge in [-0.05, 0) is 38.1 Å². The molecule has 0 bridgehead atoms. The van der Waals surface area contributed by atoms with E-state index in [0.717, 1.165) is 25.1 Å². The molecular formula is C15H24Cl2N2. The monoisotopic (exact) mass is 302 g/mol. The molecule has 108 valence electrons. The molecule has 4 heteroatoms. The number of likely N-dealkylation sites (N-methyl/N-ethyl adjacent to an activating group) is 1. The van der Waals surface area contributed by atoms with Crippen LogP contribution in [0.2, 0.25) is 10.0 Å². The van der Waals surface area contributed by atoms with Crippen LogP contribution >= 0.6 is 23.2 Å². The molecule has 0 amide bonds. The first-order valence-electron chi connectivity index (χ1n) is 6.86. The fraction of sp³-hybridized carbons (Fsp3) is 0.600. The molecule has 2 N–H and O–H groups in total. The van der Waals surface area contributed by atoms with Crippen LogP contribution in [0.1, 0.15) is 45.7 Å². The molecule has 1 aromatic carbocycles. The van der Waals surface area contributed by atoms with Crippen LogP contribution in [0.4, 0.5) is 0 Å². The summed E-state index contributed by atoms with van der Waals surface area (Å²) < 4.78 is 0. The fourth-order valence-electron chi connectivity index (χ4n) is 2.68. The third kappa shape index (κ3) is 3.25. The molecule has 1 rings (SSSR count). The van der Waals surface area contributed by atoms with Gasteiger partial charge in [0.25, 0.3) is 0 Å². The number of benzene rings is 1. The van der Waals surface area contributed by atoms with E-state index >= 15 is 0 Å². The zero-order chi connectivity index (χ0) is 14.6. The first-order chi connectivity index (χ1) is 8.92. The summed E-state index contributed by atoms with van der Waals surface area (Å²) in [6, 6.07) is 5.50. The average Bonchev–Trinajstić information content (AvgIpc) is 2.42. The summed E-state index contributed by atoms with van der Waals surface area (Å²) in [5.41, 5.74) is 7.32. The molecule has 0 spiro atoms. The van der Waals surface area contributed by atoms with Crippen molar-refractivity contribution in [2.45, 2.75) is 45.7 Å². The normalized spacial score (nSPS) is 16.4. The van der Waals surface area contributed by atoms with Gasteiger partial charge in [-0.3, -0.25) is 4.90 Å². The summed E-state index contributed by atoms with van der Waals surface area (Å²) in [5, 5.41) is 1.14. The van der Waals surface area contributed by atoms with Crippen molar-refractivity contribution >= 4 is 23.2 Å². The first kappa shape index (κ1) is 16.8. The quantitative estimate of drug-likeness (QED) is 0.838. The van der Waals surface area contributed by atoms with Crippen molar-refractivity contribution in [1.29, 1.82) is 0 Å². The summed E-state index contributed by atoms with van der Waals surface area (Å²) in [5.74, 6) is 0. The third-order valence-electron chi connectivity index (χ3n) is 4.19. The minimum atomic E-state index is -0.163. The van der Waals surface area contributed by atoms with Gasteiger partial charge < -0.3 is 5.73 Å². The minimum Gasteiger partial charge on any atom is -0.322 e. The zero-order valence-corrected chi connectivity index (χ0v) is 13.7. The lowest BCUT2D eigenvalue weighted by Gasteiger charge is -2.44. The molecule has 19 heavy (non-hydrogen) atoms. The van der Waals surface area contributed by atoms with E-state index in [1.807, 2.05) is 12.1 Å². The van der Waals surface area contributed by atoms with Gasteiger partial charge in [-0.2, -0.15) is 0 Å². The van der Waals surface area contributed by atoms with Gasteiger partial charge in [0.05, 0.1) is 10.0 Å². The maximum Gasteiger partial charge on any atom is 0.0640 e. The van der Waals surface area contributed by atoms with E-state index in [0.29, 0.717) is 10.0 Å². The van der Waals surface area contributed by atoms with Crippen molar-refractivity contribution in [2.24, 2.45) is 5.73 Å². The first-order valence-corrected chi connectivity index (χ1v) is 7.62. The van der Waals surface area contributed by atoms with Gasteiger partial charge in [0.15, 0.2) is 0 Å². The van der Waals surface area contributed by atoms with Crippen LogP contribution in [0.25, 0.3) is 0 Å². The standard InChI is InChI=1S/C15H24Cl2N2/c1-5-15(4,19(6-2)7-3)14(18)11-9-8-10-12(16)13(11)17/h8-10,14H,5-7,18H2,1-4H3. The van der Waals surface area contributed by atoms with Gasteiger partial charge in [-0.25, -0.2) is 0 Å². The summed E-state index contributed by atoms with van der Waals surface area (Å²) in [6.07, 6.45) is 0.957. The van der Waals surface area contributed by atoms with Crippen molar-refractivity contribution in [2.75, 3.05) is 13.1 Å². The maximum atomic E-state index is 6.52. The topological polar surface area (TPSA) is 29.3 Å². The van der Waals surface area contributed by atoms with E-state index in [2.05, 4.69) is 32.6 Å². The summed E-state index contributed by atoms with van der Waals surface area (Å²) in [7, 11) is 0. The number of hydrogen-bond acceptors (Lipinski definition) is 2. The largest absolute Gasteiger partial charge is 0.322 e. The lowest BCUT2D eigenvalue weighted by atomic mass is 9.83. The van der Waals surface area contributed by atoms with E-state index in [1.54, 1.807) is 6.07 Å². The Kier molecular flexibility index (Phi) is 6.13. The molecule has 0 saturated heterocycles. The van der Waals surface area contributed by atoms with Gasteiger partial charge in [0.2, 0.25) is 0 Å². The second kappa shape index (κ2) is 6.94. The number of hydrogen-bond donors (Lipinski definition) is 1. The molecule has 1 aromatic rings. The van der Waals surface area contributed by atoms with Crippen LogP contribution in [0, 0.1) is 0 Å². The van der Waals surface area contributed by atoms with Crippen molar-refractivity contribution in [3.63, 3.8) is 0 Å². The second-order valence-corrected chi connectivity index (χ2v) is 5.79. The lowest BCUT2D eigenvalue weighted by Crippen LogP contribution is -2.53. The summed E-state index contributed by atoms with van der Waals surface area (Å²) >= 11 is 12.4. The predicted molar refractivity (Wildman–Crippen MR) is 85.0 cm³/mol. The number of nitrogens with two attached hydrogens (primary N) is 1. The van der Waals surface area contributed by atoms with Gasteiger partial charge in [0.1, 0.15) is 0 Å². The minimum absolute atomic E-state index is 0.127. The van der Waals surface area contributed by atoms with Gasteiger partial charge in [-0.1, -0.05) is 56.1 Å². The van der Waals surface area contributed by atoms with E-state index < -0.39 is 0 Å². The highest BCUT2D eigenvalue weighted by Crippen LogP contribution is 2.37. The number of rotatable bonds is 6. The Morgan fingerprint density at radius 1 is 1.21 bits per heavy atom. The number of nitrogens with zero attached hydrogens (tertiary/aromatic N) is 1. The van der Waals surface area contributed by atoms with Crippen molar-refractivity contribution < 1.29 is 0 Å². The summed E-state index contributed by atoms with van der Waals surface area (Å²) in [4.78, 5) is 2.38. The molecule has 0 fully saturated rings. The van der Waals surface area contributed by atoms with E-state index in [1.165, 1.54) is 0 Å². The Bertz CT molecular complexity index is 419. The van der Waals surface area contributed by atoms with E-state index in [-0.39, 0.29) is 11.6 Å². The van der Waals surface area contributed by atoms with Crippen molar-refractivity contribution in [3.05, 3.63) is 33.8 Å². The highest BCUT2D eigenvalue weighted by Gasteiger charge is 2.36. The average molecular weight is 303 g/mol. The molecule has 2 atom stereocenters. The Morgan fingerprint density at radius 2 is 1.79 bits per heavy atom. The molecule has 0 aromatic heterocycles. The SMILES string of the molecule is CCN(CC)C(C)(CC)C(N)c1cccc(Cl)c1Cl.